The van der Waals surface area contributed by atoms with Crippen molar-refractivity contribution in [1.82, 2.24) is 5.32 Å². The second-order valence-electron chi connectivity index (χ2n) is 4.87. The fourth-order valence-electron chi connectivity index (χ4n) is 2.02. The highest BCUT2D eigenvalue weighted by Crippen LogP contribution is 2.19. The Bertz CT molecular complexity index is 353. The summed E-state index contributed by atoms with van der Waals surface area (Å²) in [5, 5.41) is 3.07. The molecule has 0 heterocycles. The highest BCUT2D eigenvalue weighted by atomic mass is 32.2. The van der Waals surface area contributed by atoms with Gasteiger partial charge in [0.05, 0.1) is 0 Å². The maximum absolute atomic E-state index is 11.2. The van der Waals surface area contributed by atoms with Gasteiger partial charge in [-0.3, -0.25) is 4.79 Å². The van der Waals surface area contributed by atoms with Crippen LogP contribution in [0, 0.1) is 0 Å². The predicted octanol–water partition coefficient (Wildman–Crippen LogP) is 4.25. The Hall–Kier alpha value is -0.960. The standard InChI is InChI=1S/C16H25NOS/c1-3-4-5-7-10-15(17-14(2)18)13-19-16-11-8-6-9-12-16/h6,8-9,11-12,15H,3-5,7,10,13H2,1-2H3,(H,17,18). The van der Waals surface area contributed by atoms with Gasteiger partial charge in [-0.1, -0.05) is 50.8 Å². The van der Waals surface area contributed by atoms with Crippen LogP contribution in [0.1, 0.15) is 46.0 Å². The third kappa shape index (κ3) is 7.93. The molecule has 19 heavy (non-hydrogen) atoms. The van der Waals surface area contributed by atoms with Gasteiger partial charge in [0.15, 0.2) is 0 Å². The minimum atomic E-state index is 0.0779. The third-order valence-corrected chi connectivity index (χ3v) is 4.18. The normalized spacial score (nSPS) is 12.1. The number of hydrogen-bond donors (Lipinski definition) is 1. The smallest absolute Gasteiger partial charge is 0.217 e. The molecule has 0 aliphatic carbocycles. The first kappa shape index (κ1) is 16.1. The Kier molecular flexibility index (Phi) is 8.39. The van der Waals surface area contributed by atoms with Gasteiger partial charge in [-0.2, -0.15) is 0 Å². The molecule has 0 saturated carbocycles. The van der Waals surface area contributed by atoms with Gasteiger partial charge < -0.3 is 5.32 Å². The molecular formula is C16H25NOS. The summed E-state index contributed by atoms with van der Waals surface area (Å²) in [5.74, 6) is 1.03. The summed E-state index contributed by atoms with van der Waals surface area (Å²) in [7, 11) is 0. The summed E-state index contributed by atoms with van der Waals surface area (Å²) in [6, 6.07) is 10.7. The van der Waals surface area contributed by atoms with E-state index in [1.807, 2.05) is 17.8 Å². The number of benzene rings is 1. The average Bonchev–Trinajstić information content (AvgIpc) is 2.41. The molecule has 1 amide bonds. The van der Waals surface area contributed by atoms with E-state index in [1.165, 1.54) is 30.6 Å². The zero-order valence-electron chi connectivity index (χ0n) is 12.0. The molecule has 0 radical (unpaired) electrons. The lowest BCUT2D eigenvalue weighted by atomic mass is 10.1. The highest BCUT2D eigenvalue weighted by Gasteiger charge is 2.10. The number of unbranched alkanes of at least 4 members (excludes halogenated alkanes) is 3. The molecule has 1 atom stereocenters. The summed E-state index contributed by atoms with van der Waals surface area (Å²) in [6.07, 6.45) is 6.10. The topological polar surface area (TPSA) is 29.1 Å². The molecule has 1 rings (SSSR count). The summed E-state index contributed by atoms with van der Waals surface area (Å²) < 4.78 is 0. The molecule has 0 aromatic heterocycles. The van der Waals surface area contributed by atoms with Crippen molar-refractivity contribution in [3.05, 3.63) is 30.3 Å². The molecule has 106 valence electrons. The van der Waals surface area contributed by atoms with E-state index in [4.69, 9.17) is 0 Å². The van der Waals surface area contributed by atoms with E-state index in [9.17, 15) is 4.79 Å². The lowest BCUT2D eigenvalue weighted by Gasteiger charge is -2.17. The molecule has 0 aliphatic rings. The van der Waals surface area contributed by atoms with Gasteiger partial charge >= 0.3 is 0 Å². The molecule has 1 N–H and O–H groups in total. The number of carbonyl (C=O) groups excluding carboxylic acids is 1. The van der Waals surface area contributed by atoms with Crippen molar-refractivity contribution < 1.29 is 4.79 Å². The van der Waals surface area contributed by atoms with E-state index in [2.05, 4.69) is 36.5 Å². The summed E-state index contributed by atoms with van der Waals surface area (Å²) in [6.45, 7) is 3.82. The molecule has 2 nitrogen and oxygen atoms in total. The molecule has 3 heteroatoms. The second kappa shape index (κ2) is 9.90. The fraction of sp³-hybridized carbons (Fsp3) is 0.562. The largest absolute Gasteiger partial charge is 0.353 e. The fourth-order valence-corrected chi connectivity index (χ4v) is 3.01. The van der Waals surface area contributed by atoms with E-state index in [0.29, 0.717) is 6.04 Å². The van der Waals surface area contributed by atoms with Crippen LogP contribution in [0.25, 0.3) is 0 Å². The molecule has 1 aromatic rings. The SMILES string of the molecule is CCCCCCC(CSc1ccccc1)NC(C)=O. The molecule has 0 bridgehead atoms. The zero-order chi connectivity index (χ0) is 13.9. The first-order valence-electron chi connectivity index (χ1n) is 7.17. The Morgan fingerprint density at radius 2 is 1.95 bits per heavy atom. The van der Waals surface area contributed by atoms with Crippen LogP contribution in [-0.2, 0) is 4.79 Å². The summed E-state index contributed by atoms with van der Waals surface area (Å²) in [5.41, 5.74) is 0. The van der Waals surface area contributed by atoms with Crippen molar-refractivity contribution in [3.8, 4) is 0 Å². The Balaban J connectivity index is 2.34. The van der Waals surface area contributed by atoms with Gasteiger partial charge in [-0.15, -0.1) is 11.8 Å². The van der Waals surface area contributed by atoms with Crippen LogP contribution in [0.4, 0.5) is 0 Å². The van der Waals surface area contributed by atoms with Gasteiger partial charge in [-0.05, 0) is 18.6 Å². The third-order valence-electron chi connectivity index (χ3n) is 3.01. The van der Waals surface area contributed by atoms with Gasteiger partial charge in [-0.25, -0.2) is 0 Å². The molecule has 0 fully saturated rings. The molecule has 0 spiro atoms. The second-order valence-corrected chi connectivity index (χ2v) is 5.96. The average molecular weight is 279 g/mol. The highest BCUT2D eigenvalue weighted by molar-refractivity contribution is 7.99. The number of thioether (sulfide) groups is 1. The quantitative estimate of drug-likeness (QED) is 0.541. The monoisotopic (exact) mass is 279 g/mol. The first-order valence-corrected chi connectivity index (χ1v) is 8.16. The Labute approximate surface area is 121 Å². The Morgan fingerprint density at radius 3 is 2.58 bits per heavy atom. The maximum Gasteiger partial charge on any atom is 0.217 e. The minimum Gasteiger partial charge on any atom is -0.353 e. The molecule has 1 unspecified atom stereocenters. The van der Waals surface area contributed by atoms with E-state index >= 15 is 0 Å². The minimum absolute atomic E-state index is 0.0779. The number of amides is 1. The van der Waals surface area contributed by atoms with Crippen LogP contribution in [0.2, 0.25) is 0 Å². The first-order chi connectivity index (χ1) is 9.22. The van der Waals surface area contributed by atoms with Gasteiger partial charge in [0.1, 0.15) is 0 Å². The van der Waals surface area contributed by atoms with E-state index < -0.39 is 0 Å². The van der Waals surface area contributed by atoms with Crippen molar-refractivity contribution in [2.24, 2.45) is 0 Å². The molecular weight excluding hydrogens is 254 g/mol. The van der Waals surface area contributed by atoms with Crippen LogP contribution in [-0.4, -0.2) is 17.7 Å². The van der Waals surface area contributed by atoms with E-state index in [0.717, 1.165) is 12.2 Å². The van der Waals surface area contributed by atoms with Crippen LogP contribution in [0.5, 0.6) is 0 Å². The van der Waals surface area contributed by atoms with Crippen molar-refractivity contribution in [2.45, 2.75) is 56.9 Å². The van der Waals surface area contributed by atoms with E-state index in [1.54, 1.807) is 6.92 Å². The van der Waals surface area contributed by atoms with Crippen molar-refractivity contribution in [3.63, 3.8) is 0 Å². The maximum atomic E-state index is 11.2. The van der Waals surface area contributed by atoms with Gasteiger partial charge in [0, 0.05) is 23.6 Å². The van der Waals surface area contributed by atoms with E-state index in [-0.39, 0.29) is 5.91 Å². The number of rotatable bonds is 9. The zero-order valence-corrected chi connectivity index (χ0v) is 12.8. The van der Waals surface area contributed by atoms with Crippen LogP contribution < -0.4 is 5.32 Å². The van der Waals surface area contributed by atoms with Crippen LogP contribution in [0.15, 0.2) is 35.2 Å². The van der Waals surface area contributed by atoms with Gasteiger partial charge in [0.2, 0.25) is 5.91 Å². The van der Waals surface area contributed by atoms with Crippen molar-refractivity contribution >= 4 is 17.7 Å². The van der Waals surface area contributed by atoms with Gasteiger partial charge in [0.25, 0.3) is 0 Å². The molecule has 0 aliphatic heterocycles. The number of nitrogens with one attached hydrogen (secondary N) is 1. The van der Waals surface area contributed by atoms with Crippen molar-refractivity contribution in [1.29, 1.82) is 0 Å². The number of carbonyl (C=O) groups is 1. The molecule has 1 aromatic carbocycles. The number of hydrogen-bond acceptors (Lipinski definition) is 2. The van der Waals surface area contributed by atoms with Crippen LogP contribution >= 0.6 is 11.8 Å². The van der Waals surface area contributed by atoms with Crippen molar-refractivity contribution in [2.75, 3.05) is 5.75 Å². The summed E-state index contributed by atoms with van der Waals surface area (Å²) in [4.78, 5) is 12.5. The summed E-state index contributed by atoms with van der Waals surface area (Å²) >= 11 is 1.82. The van der Waals surface area contributed by atoms with Crippen LogP contribution in [0.3, 0.4) is 0 Å². The lowest BCUT2D eigenvalue weighted by Crippen LogP contribution is -2.34. The lowest BCUT2D eigenvalue weighted by molar-refractivity contribution is -0.119. The Morgan fingerprint density at radius 1 is 1.21 bits per heavy atom. The predicted molar refractivity (Wildman–Crippen MR) is 83.5 cm³/mol. The molecule has 0 saturated heterocycles.